The average molecular weight is 198 g/mol. The van der Waals surface area contributed by atoms with Gasteiger partial charge in [-0.25, -0.2) is 0 Å². The molecule has 0 radical (unpaired) electrons. The summed E-state index contributed by atoms with van der Waals surface area (Å²) < 4.78 is 4.05. The number of aromatic nitrogens is 2. The van der Waals surface area contributed by atoms with Crippen LogP contribution in [0, 0.1) is 8.46 Å². The third-order valence-corrected chi connectivity index (χ3v) is 2.11. The molecule has 0 saturated heterocycles. The van der Waals surface area contributed by atoms with Crippen molar-refractivity contribution >= 4 is 36.0 Å². The van der Waals surface area contributed by atoms with E-state index in [0.29, 0.717) is 4.64 Å². The van der Waals surface area contributed by atoms with E-state index in [1.807, 2.05) is 0 Å². The van der Waals surface area contributed by atoms with E-state index in [1.54, 1.807) is 0 Å². The Morgan fingerprint density at radius 3 is 2.00 bits per heavy atom. The van der Waals surface area contributed by atoms with Gasteiger partial charge in [0.1, 0.15) is 8.46 Å². The van der Waals surface area contributed by atoms with E-state index in [-0.39, 0.29) is 62.0 Å². The van der Waals surface area contributed by atoms with Crippen LogP contribution in [0.5, 0.6) is 0 Å². The molecule has 0 unspecified atom stereocenters. The maximum Gasteiger partial charge on any atom is 1.00 e. The fourth-order valence-corrected chi connectivity index (χ4v) is 1.02. The minimum Gasteiger partial charge on any atom is -1.00 e. The molecule has 0 aliphatic carbocycles. The van der Waals surface area contributed by atoms with Gasteiger partial charge in [0.25, 0.3) is 0 Å². The summed E-state index contributed by atoms with van der Waals surface area (Å²) in [6.07, 6.45) is 0. The Morgan fingerprint density at radius 2 is 1.89 bits per heavy atom. The zero-order valence-corrected chi connectivity index (χ0v) is 11.7. The number of hydrogen-bond acceptors (Lipinski definition) is 3. The molecule has 42 valence electrons. The Bertz CT molecular complexity index is 230. The molecule has 0 amide bonds. The standard InChI is InChI=1S/C2H2N2S3.2Na.2H/c5-1-2(6)7-4-3-1;;;;/h4H,(H,3,5);;;;/q;2*+1;2*-1. The molecular weight excluding hydrogens is 194 g/mol. The van der Waals surface area contributed by atoms with Crippen molar-refractivity contribution in [2.75, 3.05) is 0 Å². The summed E-state index contributed by atoms with van der Waals surface area (Å²) in [5.74, 6) is 0. The number of H-pyrrole nitrogens is 2. The first kappa shape index (κ1) is 13.6. The fourth-order valence-electron chi connectivity index (χ4n) is 0.216. The number of aromatic amines is 2. The Labute approximate surface area is 114 Å². The minimum atomic E-state index is 0. The van der Waals surface area contributed by atoms with Crippen LogP contribution < -0.4 is 59.1 Å². The number of hydrogen-bond donors (Lipinski definition) is 2. The van der Waals surface area contributed by atoms with Gasteiger partial charge in [-0.05, 0) is 11.5 Å². The maximum absolute atomic E-state index is 4.74. The summed E-state index contributed by atoms with van der Waals surface area (Å²) in [5, 5.41) is 2.67. The Hall–Kier alpha value is 2.00. The van der Waals surface area contributed by atoms with Crippen LogP contribution in [0.2, 0.25) is 0 Å². The summed E-state index contributed by atoms with van der Waals surface area (Å²) in [6, 6.07) is 0. The van der Waals surface area contributed by atoms with Gasteiger partial charge in [0.15, 0.2) is 0 Å². The van der Waals surface area contributed by atoms with E-state index in [1.165, 1.54) is 11.5 Å². The molecule has 0 saturated carbocycles. The molecule has 0 aliphatic heterocycles. The quantitative estimate of drug-likeness (QED) is 0.330. The molecule has 0 spiro atoms. The van der Waals surface area contributed by atoms with Gasteiger partial charge in [0, 0.05) is 0 Å². The fraction of sp³-hybridized carbons (Fsp3) is 0. The molecule has 1 aromatic heterocycles. The molecular formula is C2H4N2Na2S3. The normalized spacial score (nSPS) is 7.11. The molecule has 0 aliphatic rings. The van der Waals surface area contributed by atoms with Gasteiger partial charge in [0.05, 0.1) is 0 Å². The molecule has 0 fully saturated rings. The van der Waals surface area contributed by atoms with Crippen LogP contribution in [0.4, 0.5) is 0 Å². The predicted molar refractivity (Wildman–Crippen MR) is 36.9 cm³/mol. The monoisotopic (exact) mass is 198 g/mol. The number of rotatable bonds is 0. The van der Waals surface area contributed by atoms with Crippen LogP contribution in [0.3, 0.4) is 0 Å². The molecule has 1 rings (SSSR count). The number of nitrogens with one attached hydrogen (secondary N) is 2. The first-order valence-electron chi connectivity index (χ1n) is 1.57. The SMILES string of the molecule is S=c1[nH][nH]sc1=S.[H-].[H-].[Na+].[Na+]. The van der Waals surface area contributed by atoms with Crippen molar-refractivity contribution in [1.29, 1.82) is 0 Å². The third-order valence-electron chi connectivity index (χ3n) is 0.494. The van der Waals surface area contributed by atoms with Crippen LogP contribution in [0.15, 0.2) is 0 Å². The van der Waals surface area contributed by atoms with Crippen molar-refractivity contribution in [3.8, 4) is 0 Å². The van der Waals surface area contributed by atoms with Crippen LogP contribution in [-0.4, -0.2) is 9.59 Å². The van der Waals surface area contributed by atoms with E-state index in [9.17, 15) is 0 Å². The van der Waals surface area contributed by atoms with E-state index < -0.39 is 0 Å². The third kappa shape index (κ3) is 4.44. The van der Waals surface area contributed by atoms with Gasteiger partial charge in [-0.2, -0.15) is 0 Å². The smallest absolute Gasteiger partial charge is 1.00 e. The summed E-state index contributed by atoms with van der Waals surface area (Å²) in [5.41, 5.74) is 0. The van der Waals surface area contributed by atoms with Crippen LogP contribution in [-0.2, 0) is 0 Å². The molecule has 7 heteroatoms. The largest absolute Gasteiger partial charge is 1.00 e. The summed E-state index contributed by atoms with van der Waals surface area (Å²) in [7, 11) is 0. The Balaban J connectivity index is -0.0000000612. The molecule has 2 nitrogen and oxygen atoms in total. The van der Waals surface area contributed by atoms with E-state index in [2.05, 4.69) is 9.59 Å². The Morgan fingerprint density at radius 1 is 1.33 bits per heavy atom. The second kappa shape index (κ2) is 6.69. The van der Waals surface area contributed by atoms with Crippen molar-refractivity contribution < 1.29 is 62.0 Å². The zero-order valence-electron chi connectivity index (χ0n) is 7.22. The van der Waals surface area contributed by atoms with Gasteiger partial charge in [-0.3, -0.25) is 9.59 Å². The van der Waals surface area contributed by atoms with Gasteiger partial charge >= 0.3 is 59.1 Å². The predicted octanol–water partition coefficient (Wildman–Crippen LogP) is -3.90. The van der Waals surface area contributed by atoms with Crippen LogP contribution in [0.1, 0.15) is 2.85 Å². The first-order chi connectivity index (χ1) is 3.30. The first-order valence-corrected chi connectivity index (χ1v) is 3.20. The van der Waals surface area contributed by atoms with Crippen LogP contribution in [0.25, 0.3) is 0 Å². The van der Waals surface area contributed by atoms with Gasteiger partial charge in [-0.1, -0.05) is 24.4 Å². The van der Waals surface area contributed by atoms with Crippen molar-refractivity contribution in [2.24, 2.45) is 0 Å². The van der Waals surface area contributed by atoms with E-state index in [0.717, 1.165) is 3.82 Å². The average Bonchev–Trinajstić information content (AvgIpc) is 1.91. The van der Waals surface area contributed by atoms with Crippen molar-refractivity contribution in [3.63, 3.8) is 0 Å². The Kier molecular flexibility index (Phi) is 10.1. The van der Waals surface area contributed by atoms with Crippen LogP contribution >= 0.6 is 36.0 Å². The molecule has 9 heavy (non-hydrogen) atoms. The molecule has 0 aromatic carbocycles. The summed E-state index contributed by atoms with van der Waals surface area (Å²) in [4.78, 5) is 0. The molecule has 1 heterocycles. The molecule has 1 aromatic rings. The maximum atomic E-state index is 4.74. The van der Waals surface area contributed by atoms with Gasteiger partial charge in [0.2, 0.25) is 0 Å². The summed E-state index contributed by atoms with van der Waals surface area (Å²) >= 11 is 10.8. The second-order valence-electron chi connectivity index (χ2n) is 0.946. The summed E-state index contributed by atoms with van der Waals surface area (Å²) in [6.45, 7) is 0. The second-order valence-corrected chi connectivity index (χ2v) is 2.84. The van der Waals surface area contributed by atoms with Crippen molar-refractivity contribution in [2.45, 2.75) is 0 Å². The zero-order chi connectivity index (χ0) is 5.28. The van der Waals surface area contributed by atoms with E-state index >= 15 is 0 Å². The molecule has 2 N–H and O–H groups in total. The van der Waals surface area contributed by atoms with Gasteiger partial charge in [-0.15, -0.1) is 0 Å². The van der Waals surface area contributed by atoms with Gasteiger partial charge < -0.3 is 2.85 Å². The molecule has 0 bridgehead atoms. The van der Waals surface area contributed by atoms with E-state index in [4.69, 9.17) is 24.4 Å². The minimum absolute atomic E-state index is 0. The van der Waals surface area contributed by atoms with Crippen molar-refractivity contribution in [3.05, 3.63) is 8.46 Å². The topological polar surface area (TPSA) is 31.6 Å². The van der Waals surface area contributed by atoms with Crippen molar-refractivity contribution in [1.82, 2.24) is 9.59 Å². The molecule has 0 atom stereocenters.